The maximum absolute atomic E-state index is 11.2. The van der Waals surface area contributed by atoms with Gasteiger partial charge in [-0.2, -0.15) is 0 Å². The SMILES string of the molecule is CCOC(=O)CNCc1cc(N)cc(N2CCCC2)n1. The summed E-state index contributed by atoms with van der Waals surface area (Å²) in [6, 6.07) is 3.73. The molecule has 0 aliphatic carbocycles. The number of aromatic nitrogens is 1. The summed E-state index contributed by atoms with van der Waals surface area (Å²) in [6.07, 6.45) is 2.40. The lowest BCUT2D eigenvalue weighted by atomic mass is 10.3. The van der Waals surface area contributed by atoms with Gasteiger partial charge in [-0.3, -0.25) is 4.79 Å². The molecule has 0 atom stereocenters. The second-order valence-corrected chi connectivity index (χ2v) is 4.85. The number of nitrogens with one attached hydrogen (secondary N) is 1. The predicted molar refractivity (Wildman–Crippen MR) is 78.4 cm³/mol. The van der Waals surface area contributed by atoms with Crippen molar-refractivity contribution in [1.29, 1.82) is 0 Å². The van der Waals surface area contributed by atoms with E-state index in [0.717, 1.165) is 24.6 Å². The third-order valence-electron chi connectivity index (χ3n) is 3.20. The number of ether oxygens (including phenoxy) is 1. The van der Waals surface area contributed by atoms with E-state index in [0.29, 0.717) is 18.8 Å². The van der Waals surface area contributed by atoms with Crippen molar-refractivity contribution in [3.05, 3.63) is 17.8 Å². The predicted octanol–water partition coefficient (Wildman–Crippen LogP) is 0.917. The highest BCUT2D eigenvalue weighted by atomic mass is 16.5. The second kappa shape index (κ2) is 7.09. The van der Waals surface area contributed by atoms with Crippen LogP contribution in [0.15, 0.2) is 12.1 Å². The van der Waals surface area contributed by atoms with Crippen molar-refractivity contribution < 1.29 is 9.53 Å². The fourth-order valence-corrected chi connectivity index (χ4v) is 2.30. The van der Waals surface area contributed by atoms with Crippen LogP contribution in [-0.4, -0.2) is 37.2 Å². The standard InChI is InChI=1S/C14H22N4O2/c1-2-20-14(19)10-16-9-12-7-11(15)8-13(17-12)18-5-3-4-6-18/h7-8,16H,2-6,9-10H2,1H3,(H2,15,17). The molecule has 2 heterocycles. The van der Waals surface area contributed by atoms with Gasteiger partial charge in [0.15, 0.2) is 0 Å². The Hall–Kier alpha value is -1.82. The summed E-state index contributed by atoms with van der Waals surface area (Å²) in [7, 11) is 0. The number of pyridine rings is 1. The van der Waals surface area contributed by atoms with Gasteiger partial charge in [0.1, 0.15) is 5.82 Å². The third-order valence-corrected chi connectivity index (χ3v) is 3.20. The minimum atomic E-state index is -0.254. The van der Waals surface area contributed by atoms with Crippen LogP contribution in [0.25, 0.3) is 0 Å². The largest absolute Gasteiger partial charge is 0.465 e. The van der Waals surface area contributed by atoms with Crippen LogP contribution < -0.4 is 16.0 Å². The maximum Gasteiger partial charge on any atom is 0.319 e. The van der Waals surface area contributed by atoms with Gasteiger partial charge in [0.2, 0.25) is 0 Å². The molecule has 1 aliphatic rings. The van der Waals surface area contributed by atoms with Gasteiger partial charge in [-0.25, -0.2) is 4.98 Å². The van der Waals surface area contributed by atoms with E-state index in [1.165, 1.54) is 12.8 Å². The van der Waals surface area contributed by atoms with Crippen molar-refractivity contribution >= 4 is 17.5 Å². The van der Waals surface area contributed by atoms with Gasteiger partial charge >= 0.3 is 5.97 Å². The molecule has 1 aromatic heterocycles. The first kappa shape index (κ1) is 14.6. The van der Waals surface area contributed by atoms with E-state index < -0.39 is 0 Å². The fraction of sp³-hybridized carbons (Fsp3) is 0.571. The van der Waals surface area contributed by atoms with Gasteiger partial charge in [0.25, 0.3) is 0 Å². The van der Waals surface area contributed by atoms with Gasteiger partial charge in [-0.05, 0) is 25.8 Å². The Morgan fingerprint density at radius 1 is 1.45 bits per heavy atom. The molecule has 1 aliphatic heterocycles. The third kappa shape index (κ3) is 4.09. The lowest BCUT2D eigenvalue weighted by molar-refractivity contribution is -0.142. The zero-order chi connectivity index (χ0) is 14.4. The average molecular weight is 278 g/mol. The van der Waals surface area contributed by atoms with Crippen molar-refractivity contribution in [3.63, 3.8) is 0 Å². The molecule has 2 rings (SSSR count). The summed E-state index contributed by atoms with van der Waals surface area (Å²) in [4.78, 5) is 18.1. The van der Waals surface area contributed by atoms with E-state index in [1.54, 1.807) is 6.92 Å². The van der Waals surface area contributed by atoms with Crippen LogP contribution in [0.3, 0.4) is 0 Å². The molecule has 0 radical (unpaired) electrons. The molecule has 20 heavy (non-hydrogen) atoms. The number of rotatable bonds is 6. The number of nitrogen functional groups attached to an aromatic ring is 1. The summed E-state index contributed by atoms with van der Waals surface area (Å²) >= 11 is 0. The Kier molecular flexibility index (Phi) is 5.17. The van der Waals surface area contributed by atoms with E-state index in [4.69, 9.17) is 10.5 Å². The molecule has 0 aromatic carbocycles. The quantitative estimate of drug-likeness (QED) is 0.753. The van der Waals surface area contributed by atoms with E-state index in [1.807, 2.05) is 12.1 Å². The minimum Gasteiger partial charge on any atom is -0.465 e. The summed E-state index contributed by atoms with van der Waals surface area (Å²) in [5.41, 5.74) is 7.47. The number of hydrogen-bond donors (Lipinski definition) is 2. The van der Waals surface area contributed by atoms with Gasteiger partial charge in [0, 0.05) is 31.4 Å². The monoisotopic (exact) mass is 278 g/mol. The van der Waals surface area contributed by atoms with Gasteiger partial charge in [-0.15, -0.1) is 0 Å². The van der Waals surface area contributed by atoms with E-state index in [-0.39, 0.29) is 12.5 Å². The molecule has 110 valence electrons. The van der Waals surface area contributed by atoms with Crippen LogP contribution in [-0.2, 0) is 16.1 Å². The number of esters is 1. The highest BCUT2D eigenvalue weighted by molar-refractivity contribution is 5.71. The van der Waals surface area contributed by atoms with Crippen LogP contribution in [0.5, 0.6) is 0 Å². The smallest absolute Gasteiger partial charge is 0.319 e. The summed E-state index contributed by atoms with van der Waals surface area (Å²) in [6.45, 7) is 4.95. The number of carbonyl (C=O) groups excluding carboxylic acids is 1. The zero-order valence-corrected chi connectivity index (χ0v) is 11.9. The number of anilines is 2. The fourth-order valence-electron chi connectivity index (χ4n) is 2.30. The zero-order valence-electron chi connectivity index (χ0n) is 11.9. The highest BCUT2D eigenvalue weighted by Crippen LogP contribution is 2.20. The number of hydrogen-bond acceptors (Lipinski definition) is 6. The molecule has 0 bridgehead atoms. The van der Waals surface area contributed by atoms with Crippen molar-refractivity contribution in [1.82, 2.24) is 10.3 Å². The van der Waals surface area contributed by atoms with E-state index in [2.05, 4.69) is 15.2 Å². The molecule has 1 fully saturated rings. The number of nitrogens with two attached hydrogens (primary N) is 1. The van der Waals surface area contributed by atoms with Gasteiger partial charge in [0.05, 0.1) is 18.8 Å². The molecular weight excluding hydrogens is 256 g/mol. The van der Waals surface area contributed by atoms with E-state index >= 15 is 0 Å². The average Bonchev–Trinajstić information content (AvgIpc) is 2.92. The molecule has 1 saturated heterocycles. The Morgan fingerprint density at radius 2 is 2.20 bits per heavy atom. The summed E-state index contributed by atoms with van der Waals surface area (Å²) < 4.78 is 4.85. The van der Waals surface area contributed by atoms with Crippen LogP contribution in [0, 0.1) is 0 Å². The molecule has 0 unspecified atom stereocenters. The molecular formula is C14H22N4O2. The summed E-state index contributed by atoms with van der Waals surface area (Å²) in [5.74, 6) is 0.673. The maximum atomic E-state index is 11.2. The molecule has 0 amide bonds. The number of carbonyl (C=O) groups is 1. The molecule has 0 spiro atoms. The Bertz CT molecular complexity index is 458. The topological polar surface area (TPSA) is 80.5 Å². The molecule has 1 aromatic rings. The highest BCUT2D eigenvalue weighted by Gasteiger charge is 2.14. The lowest BCUT2D eigenvalue weighted by Crippen LogP contribution is -2.25. The van der Waals surface area contributed by atoms with Crippen LogP contribution in [0.4, 0.5) is 11.5 Å². The second-order valence-electron chi connectivity index (χ2n) is 4.85. The van der Waals surface area contributed by atoms with Crippen LogP contribution in [0.2, 0.25) is 0 Å². The Balaban J connectivity index is 1.92. The van der Waals surface area contributed by atoms with Crippen LogP contribution in [0.1, 0.15) is 25.5 Å². The molecule has 6 nitrogen and oxygen atoms in total. The van der Waals surface area contributed by atoms with Crippen molar-refractivity contribution in [3.8, 4) is 0 Å². The Labute approximate surface area is 119 Å². The Morgan fingerprint density at radius 3 is 2.90 bits per heavy atom. The molecule has 6 heteroatoms. The number of nitrogens with zero attached hydrogens (tertiary/aromatic N) is 2. The normalized spacial score (nSPS) is 14.6. The first-order valence-electron chi connectivity index (χ1n) is 7.06. The van der Waals surface area contributed by atoms with Crippen LogP contribution >= 0.6 is 0 Å². The van der Waals surface area contributed by atoms with E-state index in [9.17, 15) is 4.79 Å². The first-order chi connectivity index (χ1) is 9.69. The first-order valence-corrected chi connectivity index (χ1v) is 7.06. The molecule has 3 N–H and O–H groups in total. The van der Waals surface area contributed by atoms with Crippen molar-refractivity contribution in [2.45, 2.75) is 26.3 Å². The summed E-state index contributed by atoms with van der Waals surface area (Å²) in [5, 5.41) is 3.02. The minimum absolute atomic E-state index is 0.184. The van der Waals surface area contributed by atoms with Gasteiger partial charge in [-0.1, -0.05) is 0 Å². The molecule has 0 saturated carbocycles. The van der Waals surface area contributed by atoms with Crippen molar-refractivity contribution in [2.24, 2.45) is 0 Å². The lowest BCUT2D eigenvalue weighted by Gasteiger charge is -2.18. The van der Waals surface area contributed by atoms with Gasteiger partial charge < -0.3 is 20.7 Å². The van der Waals surface area contributed by atoms with Crippen molar-refractivity contribution in [2.75, 3.05) is 36.9 Å².